The van der Waals surface area contributed by atoms with E-state index in [0.29, 0.717) is 11.3 Å². The first-order valence-electron chi connectivity index (χ1n) is 8.18. The number of anilines is 1. The summed E-state index contributed by atoms with van der Waals surface area (Å²) in [6.07, 6.45) is -0.153. The number of carboxylic acid groups (broad SMARTS) is 4. The molecule has 0 aliphatic rings. The van der Waals surface area contributed by atoms with Gasteiger partial charge in [-0.3, -0.25) is 14.4 Å². The van der Waals surface area contributed by atoms with Crippen molar-refractivity contribution in [1.82, 2.24) is 5.32 Å². The molecular weight excluding hydrogens is 360 g/mol. The van der Waals surface area contributed by atoms with Gasteiger partial charge in [-0.1, -0.05) is 6.07 Å². The van der Waals surface area contributed by atoms with Crippen LogP contribution in [0.3, 0.4) is 0 Å². The Bertz CT molecular complexity index is 704. The molecule has 0 bridgehead atoms. The lowest BCUT2D eigenvalue weighted by molar-refractivity contribution is -0.139. The van der Waals surface area contributed by atoms with Crippen LogP contribution in [0, 0.1) is 0 Å². The second-order valence-corrected chi connectivity index (χ2v) is 5.82. The Morgan fingerprint density at radius 2 is 1.67 bits per heavy atom. The van der Waals surface area contributed by atoms with Crippen molar-refractivity contribution in [3.05, 3.63) is 29.3 Å². The molecule has 10 nitrogen and oxygen atoms in total. The zero-order chi connectivity index (χ0) is 20.4. The SMILES string of the molecule is O=C(O)CCC(CC(=O)O)NCCc1c(NCC(=O)O)cccc1C(=O)O. The highest BCUT2D eigenvalue weighted by atomic mass is 16.4. The standard InChI is InChI=1S/C17H22N2O8/c20-14(21)5-4-10(8-15(22)23)18-7-6-11-12(17(26)27)2-1-3-13(11)19-9-16(24)25/h1-3,10,18-19H,4-9H2,(H,20,21)(H,22,23)(H,24,25)(H,26,27). The van der Waals surface area contributed by atoms with Gasteiger partial charge in [-0.25, -0.2) is 4.79 Å². The van der Waals surface area contributed by atoms with Gasteiger partial charge in [0.1, 0.15) is 6.54 Å². The molecule has 27 heavy (non-hydrogen) atoms. The molecule has 0 aliphatic carbocycles. The summed E-state index contributed by atoms with van der Waals surface area (Å²) in [5.74, 6) is -4.39. The van der Waals surface area contributed by atoms with E-state index < -0.39 is 29.9 Å². The van der Waals surface area contributed by atoms with E-state index in [-0.39, 0.29) is 44.3 Å². The van der Waals surface area contributed by atoms with Gasteiger partial charge in [-0.15, -0.1) is 0 Å². The van der Waals surface area contributed by atoms with E-state index in [0.717, 1.165) is 0 Å². The summed E-state index contributed by atoms with van der Waals surface area (Å²) in [7, 11) is 0. The van der Waals surface area contributed by atoms with Crippen LogP contribution in [0.25, 0.3) is 0 Å². The summed E-state index contributed by atoms with van der Waals surface area (Å²) >= 11 is 0. The van der Waals surface area contributed by atoms with Gasteiger partial charge in [0, 0.05) is 18.2 Å². The summed E-state index contributed by atoms with van der Waals surface area (Å²) in [6, 6.07) is 3.86. The van der Waals surface area contributed by atoms with Crippen LogP contribution in [0.1, 0.15) is 35.2 Å². The molecule has 0 fully saturated rings. The maximum atomic E-state index is 11.4. The third-order valence-corrected chi connectivity index (χ3v) is 3.77. The zero-order valence-electron chi connectivity index (χ0n) is 14.5. The smallest absolute Gasteiger partial charge is 0.336 e. The Kier molecular flexibility index (Phi) is 8.73. The van der Waals surface area contributed by atoms with Gasteiger partial charge in [0.2, 0.25) is 0 Å². The number of carboxylic acids is 4. The van der Waals surface area contributed by atoms with Crippen LogP contribution in [-0.4, -0.2) is 63.4 Å². The van der Waals surface area contributed by atoms with E-state index in [1.807, 2.05) is 0 Å². The van der Waals surface area contributed by atoms with Crippen molar-refractivity contribution < 1.29 is 39.6 Å². The Morgan fingerprint density at radius 1 is 0.963 bits per heavy atom. The lowest BCUT2D eigenvalue weighted by atomic mass is 10.0. The first kappa shape index (κ1) is 21.9. The van der Waals surface area contributed by atoms with Gasteiger partial charge in [0.15, 0.2) is 0 Å². The minimum atomic E-state index is -1.17. The maximum absolute atomic E-state index is 11.4. The van der Waals surface area contributed by atoms with Crippen LogP contribution >= 0.6 is 0 Å². The number of aliphatic carboxylic acids is 3. The molecule has 1 aromatic carbocycles. The van der Waals surface area contributed by atoms with Crippen LogP contribution < -0.4 is 10.6 Å². The second-order valence-electron chi connectivity index (χ2n) is 5.82. The Balaban J connectivity index is 2.85. The van der Waals surface area contributed by atoms with E-state index in [2.05, 4.69) is 10.6 Å². The van der Waals surface area contributed by atoms with Crippen LogP contribution in [0.15, 0.2) is 18.2 Å². The highest BCUT2D eigenvalue weighted by Crippen LogP contribution is 2.21. The van der Waals surface area contributed by atoms with Crippen LogP contribution in [0.5, 0.6) is 0 Å². The van der Waals surface area contributed by atoms with E-state index in [9.17, 15) is 24.3 Å². The quantitative estimate of drug-likeness (QED) is 0.285. The van der Waals surface area contributed by atoms with E-state index >= 15 is 0 Å². The third kappa shape index (κ3) is 8.19. The van der Waals surface area contributed by atoms with E-state index in [4.69, 9.17) is 15.3 Å². The van der Waals surface area contributed by atoms with Crippen molar-refractivity contribution in [2.45, 2.75) is 31.7 Å². The summed E-state index contributed by atoms with van der Waals surface area (Å²) in [4.78, 5) is 43.7. The number of rotatable bonds is 13. The van der Waals surface area contributed by atoms with Gasteiger partial charge in [0.25, 0.3) is 0 Å². The van der Waals surface area contributed by atoms with Gasteiger partial charge in [-0.2, -0.15) is 0 Å². The molecule has 0 aliphatic heterocycles. The molecule has 0 heterocycles. The molecular formula is C17H22N2O8. The lowest BCUT2D eigenvalue weighted by Crippen LogP contribution is -2.34. The predicted octanol–water partition coefficient (Wildman–Crippen LogP) is 0.722. The molecule has 10 heteroatoms. The fraction of sp³-hybridized carbons (Fsp3) is 0.412. The maximum Gasteiger partial charge on any atom is 0.336 e. The highest BCUT2D eigenvalue weighted by molar-refractivity contribution is 5.91. The molecule has 1 rings (SSSR count). The molecule has 1 unspecified atom stereocenters. The molecule has 0 saturated carbocycles. The Morgan fingerprint density at radius 3 is 2.22 bits per heavy atom. The fourth-order valence-electron chi connectivity index (χ4n) is 2.58. The number of aromatic carboxylic acids is 1. The molecule has 6 N–H and O–H groups in total. The molecule has 1 aromatic rings. The van der Waals surface area contributed by atoms with Gasteiger partial charge in [-0.05, 0) is 37.1 Å². The molecule has 0 aromatic heterocycles. The molecule has 0 saturated heterocycles. The highest BCUT2D eigenvalue weighted by Gasteiger charge is 2.17. The third-order valence-electron chi connectivity index (χ3n) is 3.77. The summed E-state index contributed by atoms with van der Waals surface area (Å²) in [6.45, 7) is -0.187. The summed E-state index contributed by atoms with van der Waals surface area (Å²) in [5.41, 5.74) is 0.748. The van der Waals surface area contributed by atoms with E-state index in [1.54, 1.807) is 6.07 Å². The summed E-state index contributed by atoms with van der Waals surface area (Å²) < 4.78 is 0. The number of benzene rings is 1. The van der Waals surface area contributed by atoms with Gasteiger partial charge in [0.05, 0.1) is 12.0 Å². The first-order chi connectivity index (χ1) is 12.7. The zero-order valence-corrected chi connectivity index (χ0v) is 14.5. The lowest BCUT2D eigenvalue weighted by Gasteiger charge is -2.18. The molecule has 0 spiro atoms. The van der Waals surface area contributed by atoms with Crippen LogP contribution in [0.4, 0.5) is 5.69 Å². The second kappa shape index (κ2) is 10.8. The fourth-order valence-corrected chi connectivity index (χ4v) is 2.58. The van der Waals surface area contributed by atoms with Gasteiger partial charge < -0.3 is 31.1 Å². The van der Waals surface area contributed by atoms with Crippen molar-refractivity contribution in [3.63, 3.8) is 0 Å². The van der Waals surface area contributed by atoms with E-state index in [1.165, 1.54) is 12.1 Å². The largest absolute Gasteiger partial charge is 0.481 e. The molecule has 1 atom stereocenters. The van der Waals surface area contributed by atoms with Crippen molar-refractivity contribution in [2.24, 2.45) is 0 Å². The number of hydrogen-bond acceptors (Lipinski definition) is 6. The normalized spacial score (nSPS) is 11.6. The Labute approximate surface area is 154 Å². The van der Waals surface area contributed by atoms with Gasteiger partial charge >= 0.3 is 23.9 Å². The number of nitrogens with one attached hydrogen (secondary N) is 2. The Hall–Kier alpha value is -3.14. The summed E-state index contributed by atoms with van der Waals surface area (Å²) in [5, 5.41) is 41.4. The van der Waals surface area contributed by atoms with Crippen molar-refractivity contribution >= 4 is 29.6 Å². The van der Waals surface area contributed by atoms with Crippen molar-refractivity contribution in [3.8, 4) is 0 Å². The monoisotopic (exact) mass is 382 g/mol. The molecule has 0 radical (unpaired) electrons. The topological polar surface area (TPSA) is 173 Å². The minimum Gasteiger partial charge on any atom is -0.481 e. The van der Waals surface area contributed by atoms with Crippen LogP contribution in [0.2, 0.25) is 0 Å². The first-order valence-corrected chi connectivity index (χ1v) is 8.18. The predicted molar refractivity (Wildman–Crippen MR) is 94.1 cm³/mol. The minimum absolute atomic E-state index is 0.00695. The van der Waals surface area contributed by atoms with Crippen molar-refractivity contribution in [2.75, 3.05) is 18.4 Å². The van der Waals surface area contributed by atoms with Crippen LogP contribution in [-0.2, 0) is 20.8 Å². The number of hydrogen-bond donors (Lipinski definition) is 6. The van der Waals surface area contributed by atoms with Crippen molar-refractivity contribution in [1.29, 1.82) is 0 Å². The average molecular weight is 382 g/mol. The average Bonchev–Trinajstić information content (AvgIpc) is 2.57. The number of carbonyl (C=O) groups is 4. The molecule has 148 valence electrons. The molecule has 0 amide bonds.